The predicted molar refractivity (Wildman–Crippen MR) is 84.4 cm³/mol. The predicted octanol–water partition coefficient (Wildman–Crippen LogP) is 3.87. The third-order valence-electron chi connectivity index (χ3n) is 2.91. The Labute approximate surface area is 126 Å². The van der Waals surface area contributed by atoms with Crippen LogP contribution < -0.4 is 11.1 Å². The Balaban J connectivity index is 2.40. The summed E-state index contributed by atoms with van der Waals surface area (Å²) in [5.74, 6) is -0.422. The van der Waals surface area contributed by atoms with Crippen molar-refractivity contribution in [3.63, 3.8) is 0 Å². The molecular weight excluding hydrogens is 320 g/mol. The van der Waals surface area contributed by atoms with Crippen LogP contribution in [0.2, 0.25) is 0 Å². The Morgan fingerprint density at radius 1 is 1.20 bits per heavy atom. The standard InChI is InChI=1S/C15H15BrN2O2/c1-9-7-10(16)3-5-13(9)18-14-6-4-11(17)8-12(14)15(19)20-2/h3-8,18H,17H2,1-2H3. The normalized spacial score (nSPS) is 10.2. The van der Waals surface area contributed by atoms with E-state index in [1.165, 1.54) is 7.11 Å². The van der Waals surface area contributed by atoms with E-state index in [9.17, 15) is 4.79 Å². The molecule has 0 heterocycles. The molecule has 0 amide bonds. The molecule has 0 bridgehead atoms. The summed E-state index contributed by atoms with van der Waals surface area (Å²) in [6.45, 7) is 1.99. The van der Waals surface area contributed by atoms with Crippen LogP contribution in [0.4, 0.5) is 17.1 Å². The van der Waals surface area contributed by atoms with Gasteiger partial charge in [0.15, 0.2) is 0 Å². The molecule has 20 heavy (non-hydrogen) atoms. The van der Waals surface area contributed by atoms with E-state index in [0.29, 0.717) is 16.9 Å². The maximum absolute atomic E-state index is 11.8. The summed E-state index contributed by atoms with van der Waals surface area (Å²) in [7, 11) is 1.35. The summed E-state index contributed by atoms with van der Waals surface area (Å²) < 4.78 is 5.78. The molecule has 0 saturated carbocycles. The number of ether oxygens (including phenoxy) is 1. The largest absolute Gasteiger partial charge is 0.465 e. The summed E-state index contributed by atoms with van der Waals surface area (Å²) in [5, 5.41) is 3.23. The second kappa shape index (κ2) is 5.96. The number of nitrogens with one attached hydrogen (secondary N) is 1. The molecule has 0 aliphatic rings. The van der Waals surface area contributed by atoms with Gasteiger partial charge < -0.3 is 15.8 Å². The van der Waals surface area contributed by atoms with Gasteiger partial charge in [-0.05, 0) is 48.9 Å². The number of hydrogen-bond acceptors (Lipinski definition) is 4. The molecule has 0 atom stereocenters. The quantitative estimate of drug-likeness (QED) is 0.660. The first kappa shape index (κ1) is 14.4. The molecule has 0 aliphatic carbocycles. The zero-order valence-corrected chi connectivity index (χ0v) is 12.8. The van der Waals surface area contributed by atoms with E-state index in [2.05, 4.69) is 21.2 Å². The number of carbonyl (C=O) groups is 1. The van der Waals surface area contributed by atoms with Crippen molar-refractivity contribution in [1.29, 1.82) is 0 Å². The van der Waals surface area contributed by atoms with E-state index in [4.69, 9.17) is 10.5 Å². The van der Waals surface area contributed by atoms with Gasteiger partial charge in [0.25, 0.3) is 0 Å². The molecular formula is C15H15BrN2O2. The molecule has 2 aromatic carbocycles. The Kier molecular flexibility index (Phi) is 4.29. The second-order valence-electron chi connectivity index (χ2n) is 4.38. The summed E-state index contributed by atoms with van der Waals surface area (Å²) >= 11 is 3.42. The average Bonchev–Trinajstić information content (AvgIpc) is 2.42. The molecule has 0 radical (unpaired) electrons. The van der Waals surface area contributed by atoms with Gasteiger partial charge in [-0.15, -0.1) is 0 Å². The molecule has 0 saturated heterocycles. The summed E-state index contributed by atoms with van der Waals surface area (Å²) in [6, 6.07) is 11.0. The van der Waals surface area contributed by atoms with Crippen molar-refractivity contribution in [1.82, 2.24) is 0 Å². The summed E-state index contributed by atoms with van der Waals surface area (Å²) in [6.07, 6.45) is 0. The molecule has 0 spiro atoms. The Hall–Kier alpha value is -2.01. The Morgan fingerprint density at radius 2 is 1.90 bits per heavy atom. The van der Waals surface area contributed by atoms with Crippen LogP contribution in [0.15, 0.2) is 40.9 Å². The highest BCUT2D eigenvalue weighted by Gasteiger charge is 2.13. The highest BCUT2D eigenvalue weighted by molar-refractivity contribution is 9.10. The van der Waals surface area contributed by atoms with Crippen LogP contribution in [0, 0.1) is 6.92 Å². The molecule has 0 aliphatic heterocycles. The number of carbonyl (C=O) groups excluding carboxylic acids is 1. The van der Waals surface area contributed by atoms with Gasteiger partial charge in [-0.25, -0.2) is 4.79 Å². The van der Waals surface area contributed by atoms with Gasteiger partial charge >= 0.3 is 5.97 Å². The Bertz CT molecular complexity index is 656. The van der Waals surface area contributed by atoms with Gasteiger partial charge in [-0.2, -0.15) is 0 Å². The summed E-state index contributed by atoms with van der Waals surface area (Å²) in [4.78, 5) is 11.8. The minimum atomic E-state index is -0.422. The zero-order chi connectivity index (χ0) is 14.7. The number of nitrogens with two attached hydrogens (primary N) is 1. The molecule has 0 aromatic heterocycles. The number of rotatable bonds is 3. The highest BCUT2D eigenvalue weighted by atomic mass is 79.9. The lowest BCUT2D eigenvalue weighted by Gasteiger charge is -2.13. The fourth-order valence-corrected chi connectivity index (χ4v) is 2.34. The number of benzene rings is 2. The van der Waals surface area contributed by atoms with E-state index in [1.54, 1.807) is 18.2 Å². The number of nitrogen functional groups attached to an aromatic ring is 1. The molecule has 2 aromatic rings. The topological polar surface area (TPSA) is 64.3 Å². The van der Waals surface area contributed by atoms with Gasteiger partial charge in [0.05, 0.1) is 18.4 Å². The van der Waals surface area contributed by atoms with Crippen molar-refractivity contribution in [2.45, 2.75) is 6.92 Å². The van der Waals surface area contributed by atoms with Gasteiger partial charge in [0.1, 0.15) is 0 Å². The maximum Gasteiger partial charge on any atom is 0.340 e. The number of hydrogen-bond donors (Lipinski definition) is 2. The summed E-state index contributed by atoms with van der Waals surface area (Å²) in [5.41, 5.74) is 9.30. The van der Waals surface area contributed by atoms with Crippen LogP contribution in [-0.4, -0.2) is 13.1 Å². The fourth-order valence-electron chi connectivity index (χ4n) is 1.86. The molecule has 104 valence electrons. The van der Waals surface area contributed by atoms with Gasteiger partial charge in [0, 0.05) is 15.8 Å². The van der Waals surface area contributed by atoms with Crippen molar-refractivity contribution in [2.75, 3.05) is 18.2 Å². The van der Waals surface area contributed by atoms with Crippen LogP contribution in [0.1, 0.15) is 15.9 Å². The van der Waals surface area contributed by atoms with Crippen LogP contribution in [0.3, 0.4) is 0 Å². The highest BCUT2D eigenvalue weighted by Crippen LogP contribution is 2.27. The third-order valence-corrected chi connectivity index (χ3v) is 3.40. The zero-order valence-electron chi connectivity index (χ0n) is 11.2. The van der Waals surface area contributed by atoms with Gasteiger partial charge in [-0.3, -0.25) is 0 Å². The molecule has 4 nitrogen and oxygen atoms in total. The molecule has 0 unspecified atom stereocenters. The van der Waals surface area contributed by atoms with E-state index in [-0.39, 0.29) is 0 Å². The van der Waals surface area contributed by atoms with Crippen LogP contribution in [-0.2, 0) is 4.74 Å². The van der Waals surface area contributed by atoms with E-state index in [1.807, 2.05) is 25.1 Å². The lowest BCUT2D eigenvalue weighted by molar-refractivity contribution is 0.0602. The minimum Gasteiger partial charge on any atom is -0.465 e. The first-order chi connectivity index (χ1) is 9.51. The molecule has 5 heteroatoms. The number of esters is 1. The molecule has 3 N–H and O–H groups in total. The fraction of sp³-hybridized carbons (Fsp3) is 0.133. The number of halogens is 1. The lowest BCUT2D eigenvalue weighted by atomic mass is 10.1. The maximum atomic E-state index is 11.8. The lowest BCUT2D eigenvalue weighted by Crippen LogP contribution is -2.07. The molecule has 2 rings (SSSR count). The third kappa shape index (κ3) is 3.11. The first-order valence-electron chi connectivity index (χ1n) is 6.02. The minimum absolute atomic E-state index is 0.412. The molecule has 0 fully saturated rings. The van der Waals surface area contributed by atoms with Crippen LogP contribution >= 0.6 is 15.9 Å². The van der Waals surface area contributed by atoms with Crippen molar-refractivity contribution in [3.05, 3.63) is 52.0 Å². The van der Waals surface area contributed by atoms with E-state index >= 15 is 0 Å². The van der Waals surface area contributed by atoms with E-state index in [0.717, 1.165) is 15.7 Å². The van der Waals surface area contributed by atoms with Crippen LogP contribution in [0.5, 0.6) is 0 Å². The average molecular weight is 335 g/mol. The van der Waals surface area contributed by atoms with Crippen molar-refractivity contribution in [2.24, 2.45) is 0 Å². The first-order valence-corrected chi connectivity index (χ1v) is 6.81. The van der Waals surface area contributed by atoms with E-state index < -0.39 is 5.97 Å². The number of anilines is 3. The smallest absolute Gasteiger partial charge is 0.340 e. The van der Waals surface area contributed by atoms with Crippen LogP contribution in [0.25, 0.3) is 0 Å². The van der Waals surface area contributed by atoms with Gasteiger partial charge in [0.2, 0.25) is 0 Å². The second-order valence-corrected chi connectivity index (χ2v) is 5.30. The number of methoxy groups -OCH3 is 1. The van der Waals surface area contributed by atoms with Gasteiger partial charge in [-0.1, -0.05) is 15.9 Å². The van der Waals surface area contributed by atoms with Crippen molar-refractivity contribution >= 4 is 39.0 Å². The Morgan fingerprint density at radius 3 is 2.55 bits per heavy atom. The number of aryl methyl sites for hydroxylation is 1. The SMILES string of the molecule is COC(=O)c1cc(N)ccc1Nc1ccc(Br)cc1C. The van der Waals surface area contributed by atoms with Crippen molar-refractivity contribution < 1.29 is 9.53 Å². The monoisotopic (exact) mass is 334 g/mol. The van der Waals surface area contributed by atoms with Crippen molar-refractivity contribution in [3.8, 4) is 0 Å².